The summed E-state index contributed by atoms with van der Waals surface area (Å²) in [5.41, 5.74) is 0.0803. The van der Waals surface area contributed by atoms with Crippen molar-refractivity contribution >= 4 is 23.5 Å². The molecule has 0 spiro atoms. The van der Waals surface area contributed by atoms with Crippen LogP contribution in [0.25, 0.3) is 0 Å². The van der Waals surface area contributed by atoms with Crippen LogP contribution in [0.5, 0.6) is 0 Å². The molecule has 0 radical (unpaired) electrons. The van der Waals surface area contributed by atoms with Crippen LogP contribution >= 0.6 is 0 Å². The van der Waals surface area contributed by atoms with Crippen LogP contribution in [0, 0.1) is 11.7 Å². The van der Waals surface area contributed by atoms with Crippen LogP contribution in [0.3, 0.4) is 0 Å². The van der Waals surface area contributed by atoms with Crippen LogP contribution in [0.4, 0.5) is 10.1 Å². The molecular formula is C15H17FN2O4. The third kappa shape index (κ3) is 4.41. The highest BCUT2D eigenvalue weighted by molar-refractivity contribution is 6.40. The van der Waals surface area contributed by atoms with Gasteiger partial charge in [-0.05, 0) is 23.6 Å². The van der Waals surface area contributed by atoms with E-state index in [0.717, 1.165) is 6.07 Å². The molecule has 0 saturated carbocycles. The Bertz CT molecular complexity index is 613. The molecule has 0 bridgehead atoms. The Balaban J connectivity index is 2.78. The quantitative estimate of drug-likeness (QED) is 0.568. The van der Waals surface area contributed by atoms with Gasteiger partial charge in [-0.25, -0.2) is 9.18 Å². The highest BCUT2D eigenvalue weighted by atomic mass is 19.1. The Morgan fingerprint density at radius 2 is 1.77 bits per heavy atom. The zero-order valence-corrected chi connectivity index (χ0v) is 12.2. The molecule has 1 rings (SSSR count). The summed E-state index contributed by atoms with van der Waals surface area (Å²) in [6, 6.07) is 3.92. The van der Waals surface area contributed by atoms with E-state index in [1.807, 2.05) is 0 Å². The Kier molecular flexibility index (Phi) is 5.80. The van der Waals surface area contributed by atoms with Gasteiger partial charge in [0.25, 0.3) is 0 Å². The smallest absolute Gasteiger partial charge is 0.330 e. The van der Waals surface area contributed by atoms with Crippen molar-refractivity contribution < 1.29 is 23.9 Å². The number of hydrogen-bond acceptors (Lipinski definition) is 3. The highest BCUT2D eigenvalue weighted by Gasteiger charge is 2.27. The van der Waals surface area contributed by atoms with Gasteiger partial charge >= 0.3 is 17.8 Å². The first-order valence-electron chi connectivity index (χ1n) is 6.52. The minimum Gasteiger partial charge on any atom is -0.479 e. The van der Waals surface area contributed by atoms with Crippen LogP contribution in [-0.4, -0.2) is 28.9 Å². The number of nitrogens with one attached hydrogen (secondary N) is 2. The lowest BCUT2D eigenvalue weighted by Gasteiger charge is -2.19. The predicted octanol–water partition coefficient (Wildman–Crippen LogP) is 1.55. The van der Waals surface area contributed by atoms with E-state index in [1.54, 1.807) is 13.8 Å². The van der Waals surface area contributed by atoms with Crippen LogP contribution < -0.4 is 10.6 Å². The van der Waals surface area contributed by atoms with E-state index in [4.69, 9.17) is 5.11 Å². The summed E-state index contributed by atoms with van der Waals surface area (Å²) in [4.78, 5) is 34.6. The monoisotopic (exact) mass is 308 g/mol. The van der Waals surface area contributed by atoms with Crippen molar-refractivity contribution in [2.45, 2.75) is 19.9 Å². The summed E-state index contributed by atoms with van der Waals surface area (Å²) >= 11 is 0. The molecule has 1 aromatic carbocycles. The largest absolute Gasteiger partial charge is 0.479 e. The molecule has 2 amide bonds. The molecule has 6 nitrogen and oxygen atoms in total. The number of hydrogen-bond donors (Lipinski definition) is 3. The molecule has 0 aliphatic rings. The van der Waals surface area contributed by atoms with Gasteiger partial charge in [0.05, 0.1) is 5.69 Å². The molecular weight excluding hydrogens is 291 g/mol. The normalized spacial score (nSPS) is 11.6. The molecule has 0 aromatic heterocycles. The summed E-state index contributed by atoms with van der Waals surface area (Å²) in [6.45, 7) is 7.02. The molecule has 0 aliphatic carbocycles. The fourth-order valence-corrected chi connectivity index (χ4v) is 1.58. The number of carboxylic acid groups (broad SMARTS) is 1. The maximum absolute atomic E-state index is 13.4. The molecule has 3 N–H and O–H groups in total. The lowest BCUT2D eigenvalue weighted by atomic mass is 9.97. The minimum absolute atomic E-state index is 0.169. The fourth-order valence-electron chi connectivity index (χ4n) is 1.58. The number of carbonyl (C=O) groups is 3. The molecule has 0 fully saturated rings. The molecule has 7 heteroatoms. The van der Waals surface area contributed by atoms with Gasteiger partial charge in [0.15, 0.2) is 0 Å². The molecule has 0 heterocycles. The standard InChI is InChI=1S/C15H17FN2O4/c1-8(2)9(3)12(15(21)22)18-14(20)13(19)17-11-7-5-4-6-10(11)16/h4-8,12H,3H2,1-2H3,(H,17,19)(H,18,20)(H,21,22)/t12-/m0/s1. The van der Waals surface area contributed by atoms with Gasteiger partial charge in [-0.15, -0.1) is 0 Å². The molecule has 0 unspecified atom stereocenters. The third-order valence-electron chi connectivity index (χ3n) is 2.96. The first-order valence-corrected chi connectivity index (χ1v) is 6.52. The van der Waals surface area contributed by atoms with Gasteiger partial charge in [-0.1, -0.05) is 32.6 Å². The van der Waals surface area contributed by atoms with Crippen molar-refractivity contribution in [1.29, 1.82) is 0 Å². The van der Waals surface area contributed by atoms with Gasteiger partial charge < -0.3 is 15.7 Å². The summed E-state index contributed by atoms with van der Waals surface area (Å²) in [5, 5.41) is 13.2. The number of halogens is 1. The second-order valence-corrected chi connectivity index (χ2v) is 4.91. The number of benzene rings is 1. The Morgan fingerprint density at radius 3 is 2.27 bits per heavy atom. The van der Waals surface area contributed by atoms with Crippen molar-refractivity contribution in [3.05, 3.63) is 42.2 Å². The van der Waals surface area contributed by atoms with Gasteiger partial charge in [0.2, 0.25) is 0 Å². The second kappa shape index (κ2) is 7.35. The van der Waals surface area contributed by atoms with E-state index in [2.05, 4.69) is 17.2 Å². The fraction of sp³-hybridized carbons (Fsp3) is 0.267. The lowest BCUT2D eigenvalue weighted by molar-refractivity contribution is -0.142. The molecule has 22 heavy (non-hydrogen) atoms. The number of anilines is 1. The van der Waals surface area contributed by atoms with Gasteiger partial charge in [-0.2, -0.15) is 0 Å². The molecule has 118 valence electrons. The van der Waals surface area contributed by atoms with E-state index in [-0.39, 0.29) is 17.2 Å². The predicted molar refractivity (Wildman–Crippen MR) is 78.6 cm³/mol. The van der Waals surface area contributed by atoms with Gasteiger partial charge in [0.1, 0.15) is 11.9 Å². The molecule has 0 aliphatic heterocycles. The number of carboxylic acids is 1. The first kappa shape index (κ1) is 17.4. The summed E-state index contributed by atoms with van der Waals surface area (Å²) in [7, 11) is 0. The minimum atomic E-state index is -1.39. The van der Waals surface area contributed by atoms with E-state index in [1.165, 1.54) is 18.2 Å². The molecule has 1 aromatic rings. The number of amides is 2. The number of rotatable bonds is 5. The van der Waals surface area contributed by atoms with Crippen molar-refractivity contribution in [3.63, 3.8) is 0 Å². The number of aliphatic carboxylic acids is 1. The van der Waals surface area contributed by atoms with Crippen molar-refractivity contribution in [2.75, 3.05) is 5.32 Å². The average molecular weight is 308 g/mol. The Morgan fingerprint density at radius 1 is 1.18 bits per heavy atom. The van der Waals surface area contributed by atoms with Gasteiger partial charge in [0, 0.05) is 0 Å². The van der Waals surface area contributed by atoms with Crippen LogP contribution in [0.15, 0.2) is 36.4 Å². The van der Waals surface area contributed by atoms with E-state index in [9.17, 15) is 18.8 Å². The zero-order valence-electron chi connectivity index (χ0n) is 12.2. The summed E-state index contributed by atoms with van der Waals surface area (Å²) < 4.78 is 13.4. The summed E-state index contributed by atoms with van der Waals surface area (Å²) in [5.74, 6) is -4.57. The van der Waals surface area contributed by atoms with Crippen LogP contribution in [0.2, 0.25) is 0 Å². The van der Waals surface area contributed by atoms with Crippen LogP contribution in [-0.2, 0) is 14.4 Å². The maximum atomic E-state index is 13.4. The SMILES string of the molecule is C=C(C(C)C)[C@H](NC(=O)C(=O)Nc1ccccc1F)C(=O)O. The highest BCUT2D eigenvalue weighted by Crippen LogP contribution is 2.13. The first-order chi connectivity index (χ1) is 10.2. The van der Waals surface area contributed by atoms with Crippen molar-refractivity contribution in [1.82, 2.24) is 5.32 Å². The van der Waals surface area contributed by atoms with Crippen molar-refractivity contribution in [2.24, 2.45) is 5.92 Å². The molecule has 1 atom stereocenters. The lowest BCUT2D eigenvalue weighted by Crippen LogP contribution is -2.47. The van der Waals surface area contributed by atoms with E-state index in [0.29, 0.717) is 0 Å². The molecule has 0 saturated heterocycles. The van der Waals surface area contributed by atoms with Crippen LogP contribution in [0.1, 0.15) is 13.8 Å². The second-order valence-electron chi connectivity index (χ2n) is 4.91. The Labute approximate surface area is 127 Å². The maximum Gasteiger partial charge on any atom is 0.330 e. The number of para-hydroxylation sites is 1. The number of carbonyl (C=O) groups excluding carboxylic acids is 2. The van der Waals surface area contributed by atoms with E-state index < -0.39 is 29.6 Å². The van der Waals surface area contributed by atoms with E-state index >= 15 is 0 Å². The Hall–Kier alpha value is -2.70. The summed E-state index contributed by atoms with van der Waals surface area (Å²) in [6.07, 6.45) is 0. The third-order valence-corrected chi connectivity index (χ3v) is 2.96. The van der Waals surface area contributed by atoms with Crippen molar-refractivity contribution in [3.8, 4) is 0 Å². The van der Waals surface area contributed by atoms with Gasteiger partial charge in [-0.3, -0.25) is 9.59 Å². The average Bonchev–Trinajstić information content (AvgIpc) is 2.45. The topological polar surface area (TPSA) is 95.5 Å². The zero-order chi connectivity index (χ0) is 16.9.